The molecule has 0 fully saturated rings. The molecule has 0 bridgehead atoms. The molecule has 2 aromatic rings. The Hall–Kier alpha value is -2.38. The molecule has 1 heterocycles. The second-order valence-electron chi connectivity index (χ2n) is 4.09. The van der Waals surface area contributed by atoms with E-state index in [1.165, 1.54) is 18.2 Å². The molecule has 112 valence electrons. The smallest absolute Gasteiger partial charge is 0.361 e. The van der Waals surface area contributed by atoms with Gasteiger partial charge in [0.1, 0.15) is 11.5 Å². The molecule has 0 aliphatic rings. The van der Waals surface area contributed by atoms with Crippen molar-refractivity contribution in [3.8, 4) is 0 Å². The number of carbonyl (C=O) groups is 1. The Morgan fingerprint density at radius 1 is 1.38 bits per heavy atom. The fraction of sp³-hybridized carbons (Fsp3) is 0.308. The lowest BCUT2D eigenvalue weighted by atomic mass is 10.2. The highest BCUT2D eigenvalue weighted by Gasteiger charge is 2.27. The first kappa shape index (κ1) is 15.0. The van der Waals surface area contributed by atoms with Gasteiger partial charge in [0.2, 0.25) is 0 Å². The molecule has 0 unspecified atom stereocenters. The van der Waals surface area contributed by atoms with E-state index in [2.05, 4.69) is 15.0 Å². The van der Waals surface area contributed by atoms with Gasteiger partial charge in [-0.15, -0.1) is 5.10 Å². The Bertz CT molecular complexity index is 643. The van der Waals surface area contributed by atoms with Crippen LogP contribution in [0.4, 0.5) is 13.2 Å². The minimum Gasteiger partial charge on any atom is -0.461 e. The summed E-state index contributed by atoms with van der Waals surface area (Å²) in [6, 6.07) is 5.71. The number of aromatic nitrogens is 3. The van der Waals surface area contributed by atoms with Gasteiger partial charge in [-0.05, 0) is 13.0 Å². The van der Waals surface area contributed by atoms with Gasteiger partial charge >= 0.3 is 5.97 Å². The lowest BCUT2D eigenvalue weighted by Gasteiger charge is -2.07. The quantitative estimate of drug-likeness (QED) is 0.796. The molecule has 0 aliphatic carbocycles. The number of esters is 1. The summed E-state index contributed by atoms with van der Waals surface area (Å²) in [5.41, 5.74) is -1.07. The largest absolute Gasteiger partial charge is 0.461 e. The van der Waals surface area contributed by atoms with Crippen LogP contribution in [0.3, 0.4) is 0 Å². The molecule has 0 radical (unpaired) electrons. The summed E-state index contributed by atoms with van der Waals surface area (Å²) in [5.74, 6) is -1.53. The van der Waals surface area contributed by atoms with Crippen molar-refractivity contribution in [1.82, 2.24) is 15.0 Å². The van der Waals surface area contributed by atoms with E-state index in [-0.39, 0.29) is 18.7 Å². The minimum absolute atomic E-state index is 0.0294. The number of ether oxygens (including phenoxy) is 1. The van der Waals surface area contributed by atoms with Gasteiger partial charge in [0.05, 0.1) is 13.2 Å². The zero-order chi connectivity index (χ0) is 15.4. The molecule has 21 heavy (non-hydrogen) atoms. The normalized spacial score (nSPS) is 10.9. The number of rotatable bonds is 5. The average molecular weight is 299 g/mol. The average Bonchev–Trinajstić information content (AvgIpc) is 2.85. The van der Waals surface area contributed by atoms with Crippen molar-refractivity contribution in [3.63, 3.8) is 0 Å². The first-order chi connectivity index (χ1) is 10.0. The topological polar surface area (TPSA) is 57.0 Å². The van der Waals surface area contributed by atoms with Crippen LogP contribution >= 0.6 is 0 Å². The van der Waals surface area contributed by atoms with Crippen molar-refractivity contribution in [1.29, 1.82) is 0 Å². The van der Waals surface area contributed by atoms with Crippen molar-refractivity contribution < 1.29 is 22.7 Å². The van der Waals surface area contributed by atoms with E-state index in [0.29, 0.717) is 0 Å². The summed E-state index contributed by atoms with van der Waals surface area (Å²) in [5, 5.41) is 6.91. The van der Waals surface area contributed by atoms with Crippen molar-refractivity contribution in [2.75, 3.05) is 6.61 Å². The first-order valence-corrected chi connectivity index (χ1v) is 6.16. The lowest BCUT2D eigenvalue weighted by molar-refractivity contribution is 0.0506. The molecule has 2 rings (SSSR count). The predicted octanol–water partition coefficient (Wildman–Crippen LogP) is 2.58. The maximum Gasteiger partial charge on any atom is 0.361 e. The van der Waals surface area contributed by atoms with Crippen LogP contribution in [-0.4, -0.2) is 27.6 Å². The van der Waals surface area contributed by atoms with E-state index in [0.717, 1.165) is 4.68 Å². The van der Waals surface area contributed by atoms with Crippen molar-refractivity contribution in [2.45, 2.75) is 19.9 Å². The van der Waals surface area contributed by atoms with Crippen LogP contribution in [0.25, 0.3) is 0 Å². The van der Waals surface area contributed by atoms with Gasteiger partial charge in [-0.3, -0.25) is 0 Å². The Balaban J connectivity index is 2.36. The van der Waals surface area contributed by atoms with Crippen LogP contribution < -0.4 is 0 Å². The predicted molar refractivity (Wildman–Crippen MR) is 66.4 cm³/mol. The summed E-state index contributed by atoms with van der Waals surface area (Å²) in [7, 11) is 0. The third kappa shape index (κ3) is 3.21. The maximum atomic E-state index is 13.6. The Kier molecular flexibility index (Phi) is 4.56. The Morgan fingerprint density at radius 2 is 2.10 bits per heavy atom. The van der Waals surface area contributed by atoms with Crippen molar-refractivity contribution in [2.24, 2.45) is 0 Å². The van der Waals surface area contributed by atoms with Gasteiger partial charge in [-0.1, -0.05) is 23.4 Å². The standard InChI is InChI=1S/C13H12F3N3O2/c1-2-21-13(20)10-11(12(15)16)19(18-17-10)7-8-5-3-4-6-9(8)14/h3-6,12H,2,7H2,1H3. The molecule has 0 N–H and O–H groups in total. The second-order valence-corrected chi connectivity index (χ2v) is 4.09. The number of nitrogens with zero attached hydrogens (tertiary/aromatic N) is 3. The zero-order valence-electron chi connectivity index (χ0n) is 11.1. The Morgan fingerprint density at radius 3 is 2.71 bits per heavy atom. The molecule has 8 heteroatoms. The summed E-state index contributed by atoms with van der Waals surface area (Å²) < 4.78 is 45.2. The highest BCUT2D eigenvalue weighted by atomic mass is 19.3. The van der Waals surface area contributed by atoms with E-state index < -0.39 is 29.6 Å². The van der Waals surface area contributed by atoms with E-state index in [1.807, 2.05) is 0 Å². The number of carbonyl (C=O) groups excluding carboxylic acids is 1. The summed E-state index contributed by atoms with van der Waals surface area (Å²) >= 11 is 0. The van der Waals surface area contributed by atoms with Crippen molar-refractivity contribution in [3.05, 3.63) is 47.0 Å². The van der Waals surface area contributed by atoms with Gasteiger partial charge in [0, 0.05) is 5.56 Å². The fourth-order valence-electron chi connectivity index (χ4n) is 1.79. The third-order valence-corrected chi connectivity index (χ3v) is 2.73. The molecular weight excluding hydrogens is 287 g/mol. The highest BCUT2D eigenvalue weighted by molar-refractivity contribution is 5.88. The molecule has 1 aromatic heterocycles. The van der Waals surface area contributed by atoms with Gasteiger partial charge in [-0.25, -0.2) is 22.6 Å². The summed E-state index contributed by atoms with van der Waals surface area (Å²) in [6.45, 7) is 1.32. The van der Waals surface area contributed by atoms with Crippen LogP contribution in [-0.2, 0) is 11.3 Å². The van der Waals surface area contributed by atoms with E-state index in [4.69, 9.17) is 0 Å². The van der Waals surface area contributed by atoms with E-state index >= 15 is 0 Å². The van der Waals surface area contributed by atoms with Crippen molar-refractivity contribution >= 4 is 5.97 Å². The number of hydrogen-bond donors (Lipinski definition) is 0. The number of halogens is 3. The Labute approximate surface area is 118 Å². The lowest BCUT2D eigenvalue weighted by Crippen LogP contribution is -2.12. The monoisotopic (exact) mass is 299 g/mol. The third-order valence-electron chi connectivity index (χ3n) is 2.73. The molecule has 0 aliphatic heterocycles. The molecule has 5 nitrogen and oxygen atoms in total. The molecule has 0 amide bonds. The SMILES string of the molecule is CCOC(=O)c1nnn(Cc2ccccc2F)c1C(F)F. The summed E-state index contributed by atoms with van der Waals surface area (Å²) in [6.07, 6.45) is -2.98. The van der Waals surface area contributed by atoms with Crippen LogP contribution in [0, 0.1) is 5.82 Å². The first-order valence-electron chi connectivity index (χ1n) is 6.16. The molecule has 0 saturated heterocycles. The molecule has 0 saturated carbocycles. The molecule has 0 atom stereocenters. The molecule has 0 spiro atoms. The van der Waals surface area contributed by atoms with Crippen LogP contribution in [0.15, 0.2) is 24.3 Å². The van der Waals surface area contributed by atoms with Gasteiger partial charge in [-0.2, -0.15) is 0 Å². The van der Waals surface area contributed by atoms with E-state index in [9.17, 15) is 18.0 Å². The highest BCUT2D eigenvalue weighted by Crippen LogP contribution is 2.23. The summed E-state index contributed by atoms with van der Waals surface area (Å²) in [4.78, 5) is 11.6. The number of hydrogen-bond acceptors (Lipinski definition) is 4. The number of alkyl halides is 2. The van der Waals surface area contributed by atoms with Gasteiger partial charge in [0.25, 0.3) is 6.43 Å². The second kappa shape index (κ2) is 6.38. The van der Waals surface area contributed by atoms with Gasteiger partial charge in [0.15, 0.2) is 5.69 Å². The fourth-order valence-corrected chi connectivity index (χ4v) is 1.79. The molecular formula is C13H12F3N3O2. The van der Waals surface area contributed by atoms with Crippen LogP contribution in [0.5, 0.6) is 0 Å². The van der Waals surface area contributed by atoms with Gasteiger partial charge < -0.3 is 4.74 Å². The van der Waals surface area contributed by atoms with Crippen LogP contribution in [0.2, 0.25) is 0 Å². The van der Waals surface area contributed by atoms with Crippen LogP contribution in [0.1, 0.15) is 35.1 Å². The number of benzene rings is 1. The molecule has 1 aromatic carbocycles. The van der Waals surface area contributed by atoms with E-state index in [1.54, 1.807) is 13.0 Å². The maximum absolute atomic E-state index is 13.6. The zero-order valence-corrected chi connectivity index (χ0v) is 11.1. The minimum atomic E-state index is -2.98.